The highest BCUT2D eigenvalue weighted by Gasteiger charge is 2.21. The van der Waals surface area contributed by atoms with Crippen LogP contribution < -0.4 is 0 Å². The number of aryl methyl sites for hydroxylation is 2. The molecule has 9 nitrogen and oxygen atoms in total. The van der Waals surface area contributed by atoms with Gasteiger partial charge in [0.05, 0.1) is 11.8 Å². The summed E-state index contributed by atoms with van der Waals surface area (Å²) >= 11 is 0. The number of carboxylic acid groups (broad SMARTS) is 4. The summed E-state index contributed by atoms with van der Waals surface area (Å²) < 4.78 is 5.58. The maximum absolute atomic E-state index is 11.2. The molecule has 0 aliphatic rings. The Bertz CT molecular complexity index is 607. The van der Waals surface area contributed by atoms with Crippen LogP contribution in [-0.4, -0.2) is 44.3 Å². The standard InChI is InChI=1S/C18H24O9/c19-15(20)9-3-11(17(23)24)1-5-13-7-8-14(27-13)6-2-12(18(25)26)4-10-16(21)22/h7-8,11-12H,1-6,9-10H2,(H,19,20)(H,21,22)(H,23,24)(H,25,26). The smallest absolute Gasteiger partial charge is 0.306 e. The molecule has 0 fully saturated rings. The Kier molecular flexibility index (Phi) is 9.04. The van der Waals surface area contributed by atoms with Crippen molar-refractivity contribution in [3.63, 3.8) is 0 Å². The van der Waals surface area contributed by atoms with Crippen LogP contribution in [0.4, 0.5) is 0 Å². The monoisotopic (exact) mass is 384 g/mol. The van der Waals surface area contributed by atoms with Gasteiger partial charge in [-0.15, -0.1) is 0 Å². The summed E-state index contributed by atoms with van der Waals surface area (Å²) in [5, 5.41) is 35.6. The molecule has 0 amide bonds. The number of carbonyl (C=O) groups is 4. The van der Waals surface area contributed by atoms with Crippen LogP contribution in [-0.2, 0) is 32.0 Å². The molecule has 1 heterocycles. The molecule has 0 aliphatic heterocycles. The molecule has 0 radical (unpaired) electrons. The number of aliphatic carboxylic acids is 4. The summed E-state index contributed by atoms with van der Waals surface area (Å²) in [6.07, 6.45) is 0.804. The van der Waals surface area contributed by atoms with Gasteiger partial charge in [-0.1, -0.05) is 0 Å². The van der Waals surface area contributed by atoms with Crippen molar-refractivity contribution in [1.29, 1.82) is 0 Å². The first-order valence-corrected chi connectivity index (χ1v) is 8.65. The average Bonchev–Trinajstić information content (AvgIpc) is 3.01. The van der Waals surface area contributed by atoms with E-state index in [1.165, 1.54) is 0 Å². The Morgan fingerprint density at radius 3 is 1.37 bits per heavy atom. The molecule has 1 aromatic rings. The highest BCUT2D eigenvalue weighted by Crippen LogP contribution is 2.20. The topological polar surface area (TPSA) is 162 Å². The minimum Gasteiger partial charge on any atom is -0.481 e. The van der Waals surface area contributed by atoms with E-state index in [4.69, 9.17) is 24.8 Å². The van der Waals surface area contributed by atoms with E-state index in [0.29, 0.717) is 24.4 Å². The third-order valence-electron chi connectivity index (χ3n) is 4.31. The molecule has 4 N–H and O–H groups in total. The van der Waals surface area contributed by atoms with Gasteiger partial charge in [-0.3, -0.25) is 19.2 Å². The fourth-order valence-corrected chi connectivity index (χ4v) is 2.70. The summed E-state index contributed by atoms with van der Waals surface area (Å²) in [4.78, 5) is 43.5. The van der Waals surface area contributed by atoms with Gasteiger partial charge in [0.2, 0.25) is 0 Å². The highest BCUT2D eigenvalue weighted by molar-refractivity contribution is 5.72. The van der Waals surface area contributed by atoms with Gasteiger partial charge in [0.15, 0.2) is 0 Å². The summed E-state index contributed by atoms with van der Waals surface area (Å²) in [6.45, 7) is 0. The van der Waals surface area contributed by atoms with Crippen LogP contribution in [0.15, 0.2) is 16.5 Å². The third-order valence-corrected chi connectivity index (χ3v) is 4.31. The maximum atomic E-state index is 11.2. The zero-order valence-corrected chi connectivity index (χ0v) is 14.8. The molecule has 1 rings (SSSR count). The molecule has 0 saturated carbocycles. The van der Waals surface area contributed by atoms with E-state index in [9.17, 15) is 19.2 Å². The largest absolute Gasteiger partial charge is 0.481 e. The van der Waals surface area contributed by atoms with Crippen molar-refractivity contribution >= 4 is 23.9 Å². The van der Waals surface area contributed by atoms with Crippen LogP contribution in [0.2, 0.25) is 0 Å². The average molecular weight is 384 g/mol. The minimum absolute atomic E-state index is 0.0438. The number of furan rings is 1. The molecule has 1 aromatic heterocycles. The molecule has 0 spiro atoms. The predicted octanol–water partition coefficient (Wildman–Crippen LogP) is 2.28. The maximum Gasteiger partial charge on any atom is 0.306 e. The Hall–Kier alpha value is -2.84. The fourth-order valence-electron chi connectivity index (χ4n) is 2.70. The van der Waals surface area contributed by atoms with Crippen LogP contribution in [0, 0.1) is 11.8 Å². The van der Waals surface area contributed by atoms with Gasteiger partial charge in [0.25, 0.3) is 0 Å². The first-order chi connectivity index (χ1) is 12.7. The van der Waals surface area contributed by atoms with E-state index in [0.717, 1.165) is 0 Å². The number of hydrogen-bond acceptors (Lipinski definition) is 5. The third kappa shape index (κ3) is 8.89. The van der Waals surface area contributed by atoms with E-state index in [1.807, 2.05) is 0 Å². The van der Waals surface area contributed by atoms with E-state index < -0.39 is 35.7 Å². The molecular weight excluding hydrogens is 360 g/mol. The zero-order chi connectivity index (χ0) is 20.4. The number of carboxylic acids is 4. The molecule has 27 heavy (non-hydrogen) atoms. The summed E-state index contributed by atoms with van der Waals surface area (Å²) in [7, 11) is 0. The first kappa shape index (κ1) is 22.2. The van der Waals surface area contributed by atoms with Crippen LogP contribution in [0.5, 0.6) is 0 Å². The molecule has 0 aromatic carbocycles. The molecule has 0 saturated heterocycles. The quantitative estimate of drug-likeness (QED) is 0.377. The van der Waals surface area contributed by atoms with Gasteiger partial charge in [-0.25, -0.2) is 0 Å². The van der Waals surface area contributed by atoms with E-state index >= 15 is 0 Å². The molecule has 0 aliphatic carbocycles. The normalized spacial score (nSPS) is 13.0. The lowest BCUT2D eigenvalue weighted by Crippen LogP contribution is -2.16. The van der Waals surface area contributed by atoms with Gasteiger partial charge in [0, 0.05) is 25.7 Å². The van der Waals surface area contributed by atoms with Crippen LogP contribution in [0.3, 0.4) is 0 Å². The van der Waals surface area contributed by atoms with Gasteiger partial charge in [-0.05, 0) is 37.8 Å². The Labute approximate surface area is 155 Å². The van der Waals surface area contributed by atoms with Crippen LogP contribution in [0.25, 0.3) is 0 Å². The molecule has 0 bridgehead atoms. The molecular formula is C18H24O9. The second-order valence-electron chi connectivity index (χ2n) is 6.38. The SMILES string of the molecule is O=C(O)CCC(CCc1ccc(CCC(CCC(=O)O)C(=O)O)o1)C(=O)O. The predicted molar refractivity (Wildman–Crippen MR) is 91.3 cm³/mol. The summed E-state index contributed by atoms with van der Waals surface area (Å²) in [5.74, 6) is -4.65. The molecule has 2 unspecified atom stereocenters. The second-order valence-corrected chi connectivity index (χ2v) is 6.38. The van der Waals surface area contributed by atoms with Crippen molar-refractivity contribution in [2.75, 3.05) is 0 Å². The van der Waals surface area contributed by atoms with Crippen LogP contribution in [0.1, 0.15) is 50.0 Å². The lowest BCUT2D eigenvalue weighted by Gasteiger charge is -2.10. The summed E-state index contributed by atoms with van der Waals surface area (Å²) in [5.41, 5.74) is 0. The van der Waals surface area contributed by atoms with Crippen molar-refractivity contribution in [2.24, 2.45) is 11.8 Å². The summed E-state index contributed by atoms with van der Waals surface area (Å²) in [6, 6.07) is 3.36. The van der Waals surface area contributed by atoms with E-state index in [-0.39, 0.29) is 38.5 Å². The zero-order valence-electron chi connectivity index (χ0n) is 14.8. The number of rotatable bonds is 14. The Morgan fingerprint density at radius 1 is 0.704 bits per heavy atom. The lowest BCUT2D eigenvalue weighted by molar-refractivity contribution is -0.144. The van der Waals surface area contributed by atoms with Crippen LogP contribution >= 0.6 is 0 Å². The minimum atomic E-state index is -1.05. The number of hydrogen-bond donors (Lipinski definition) is 4. The molecule has 150 valence electrons. The van der Waals surface area contributed by atoms with Crippen molar-refractivity contribution in [2.45, 2.75) is 51.4 Å². The van der Waals surface area contributed by atoms with Crippen molar-refractivity contribution in [1.82, 2.24) is 0 Å². The van der Waals surface area contributed by atoms with E-state index in [2.05, 4.69) is 0 Å². The Morgan fingerprint density at radius 2 is 1.07 bits per heavy atom. The highest BCUT2D eigenvalue weighted by atomic mass is 16.4. The van der Waals surface area contributed by atoms with Gasteiger partial charge < -0.3 is 24.8 Å². The van der Waals surface area contributed by atoms with Crippen molar-refractivity contribution in [3.05, 3.63) is 23.7 Å². The van der Waals surface area contributed by atoms with Crippen molar-refractivity contribution in [3.8, 4) is 0 Å². The van der Waals surface area contributed by atoms with Gasteiger partial charge >= 0.3 is 23.9 Å². The van der Waals surface area contributed by atoms with E-state index in [1.54, 1.807) is 12.1 Å². The van der Waals surface area contributed by atoms with Gasteiger partial charge in [0.1, 0.15) is 11.5 Å². The van der Waals surface area contributed by atoms with Crippen molar-refractivity contribution < 1.29 is 44.0 Å². The Balaban J connectivity index is 2.51. The molecule has 2 atom stereocenters. The first-order valence-electron chi connectivity index (χ1n) is 8.65. The second kappa shape index (κ2) is 11.0. The molecule has 9 heteroatoms. The van der Waals surface area contributed by atoms with Gasteiger partial charge in [-0.2, -0.15) is 0 Å². The fraction of sp³-hybridized carbons (Fsp3) is 0.556. The lowest BCUT2D eigenvalue weighted by atomic mass is 9.97.